The first-order chi connectivity index (χ1) is 14.1. The fourth-order valence-electron chi connectivity index (χ4n) is 3.59. The maximum atomic E-state index is 11.9. The number of benzene rings is 2. The monoisotopic (exact) mass is 393 g/mol. The second-order valence-electron chi connectivity index (χ2n) is 7.51. The third-order valence-electron chi connectivity index (χ3n) is 5.28. The number of anilines is 1. The van der Waals surface area contributed by atoms with Crippen LogP contribution in [-0.2, 0) is 11.3 Å². The van der Waals surface area contributed by atoms with Crippen molar-refractivity contribution in [3.05, 3.63) is 65.7 Å². The fourth-order valence-corrected chi connectivity index (χ4v) is 3.59. The number of likely N-dealkylation sites (N-methyl/N-ethyl adjacent to an activating group) is 1. The molecule has 2 aromatic carbocycles. The van der Waals surface area contributed by atoms with Crippen LogP contribution >= 0.6 is 0 Å². The van der Waals surface area contributed by atoms with E-state index < -0.39 is 0 Å². The van der Waals surface area contributed by atoms with Crippen LogP contribution in [0.25, 0.3) is 0 Å². The predicted octanol–water partition coefficient (Wildman–Crippen LogP) is 2.78. The minimum absolute atomic E-state index is 0.217. The van der Waals surface area contributed by atoms with Gasteiger partial charge in [-0.15, -0.1) is 0 Å². The van der Waals surface area contributed by atoms with E-state index in [4.69, 9.17) is 0 Å². The standard InChI is InChI=1S/C23H31N5O/c1-24-23(26-17-21(27(2)3)19-8-5-4-6-9-19)25-16-18-11-13-20(14-12-18)28-15-7-10-22(28)29/h4-6,8-9,11-14,21H,7,10,15-17H2,1-3H3,(H2,24,25,26). The molecule has 2 N–H and O–H groups in total. The van der Waals surface area contributed by atoms with E-state index in [9.17, 15) is 4.79 Å². The molecule has 1 unspecified atom stereocenters. The van der Waals surface area contributed by atoms with Crippen molar-refractivity contribution in [2.24, 2.45) is 4.99 Å². The second-order valence-corrected chi connectivity index (χ2v) is 7.51. The Kier molecular flexibility index (Phi) is 7.25. The number of guanidine groups is 1. The zero-order valence-electron chi connectivity index (χ0n) is 17.6. The molecule has 6 heteroatoms. The maximum absolute atomic E-state index is 11.9. The van der Waals surface area contributed by atoms with Gasteiger partial charge in [-0.25, -0.2) is 0 Å². The van der Waals surface area contributed by atoms with Crippen molar-refractivity contribution >= 4 is 17.6 Å². The van der Waals surface area contributed by atoms with Gasteiger partial charge in [0.1, 0.15) is 0 Å². The molecule has 0 aromatic heterocycles. The summed E-state index contributed by atoms with van der Waals surface area (Å²) in [6, 6.07) is 18.9. The van der Waals surface area contributed by atoms with Gasteiger partial charge in [0.25, 0.3) is 0 Å². The first-order valence-electron chi connectivity index (χ1n) is 10.1. The molecule has 0 aliphatic carbocycles. The summed E-state index contributed by atoms with van der Waals surface area (Å²) in [4.78, 5) is 20.3. The molecule has 1 aliphatic rings. The SMILES string of the molecule is CN=C(NCc1ccc(N2CCCC2=O)cc1)NCC(c1ccccc1)N(C)C. The first kappa shape index (κ1) is 20.9. The van der Waals surface area contributed by atoms with Crippen LogP contribution in [0.4, 0.5) is 5.69 Å². The number of hydrogen-bond acceptors (Lipinski definition) is 3. The number of amides is 1. The van der Waals surface area contributed by atoms with Crippen molar-refractivity contribution in [1.29, 1.82) is 0 Å². The highest BCUT2D eigenvalue weighted by Crippen LogP contribution is 2.21. The molecule has 1 amide bonds. The minimum Gasteiger partial charge on any atom is -0.354 e. The normalized spacial score (nSPS) is 15.7. The molecule has 6 nitrogen and oxygen atoms in total. The highest BCUT2D eigenvalue weighted by atomic mass is 16.2. The number of rotatable bonds is 7. The Hall–Kier alpha value is -2.86. The number of hydrogen-bond donors (Lipinski definition) is 2. The number of nitrogens with zero attached hydrogens (tertiary/aromatic N) is 3. The first-order valence-corrected chi connectivity index (χ1v) is 10.1. The van der Waals surface area contributed by atoms with Gasteiger partial charge in [-0.2, -0.15) is 0 Å². The zero-order chi connectivity index (χ0) is 20.6. The quantitative estimate of drug-likeness (QED) is 0.561. The predicted molar refractivity (Wildman–Crippen MR) is 119 cm³/mol. The summed E-state index contributed by atoms with van der Waals surface area (Å²) in [5, 5.41) is 6.79. The third-order valence-corrected chi connectivity index (χ3v) is 5.28. The average Bonchev–Trinajstić information content (AvgIpc) is 3.17. The summed E-state index contributed by atoms with van der Waals surface area (Å²) in [5.74, 6) is 0.987. The Bertz CT molecular complexity index is 817. The van der Waals surface area contributed by atoms with E-state index in [1.165, 1.54) is 5.56 Å². The highest BCUT2D eigenvalue weighted by molar-refractivity contribution is 5.95. The molecule has 1 heterocycles. The van der Waals surface area contributed by atoms with Gasteiger partial charge < -0.3 is 20.4 Å². The van der Waals surface area contributed by atoms with Crippen LogP contribution in [0.15, 0.2) is 59.6 Å². The largest absolute Gasteiger partial charge is 0.354 e. The summed E-state index contributed by atoms with van der Waals surface area (Å²) in [7, 11) is 5.95. The summed E-state index contributed by atoms with van der Waals surface area (Å²) in [6.07, 6.45) is 1.60. The molecule has 0 bridgehead atoms. The van der Waals surface area contributed by atoms with Crippen LogP contribution in [-0.4, -0.2) is 51.0 Å². The Labute approximate surface area is 173 Å². The Morgan fingerprint density at radius 3 is 2.41 bits per heavy atom. The van der Waals surface area contributed by atoms with Gasteiger partial charge in [-0.05, 0) is 43.8 Å². The summed E-state index contributed by atoms with van der Waals surface area (Å²) in [5.41, 5.74) is 3.40. The van der Waals surface area contributed by atoms with Gasteiger partial charge in [0, 0.05) is 38.8 Å². The van der Waals surface area contributed by atoms with Gasteiger partial charge in [0.15, 0.2) is 5.96 Å². The number of carbonyl (C=O) groups is 1. The van der Waals surface area contributed by atoms with E-state index in [-0.39, 0.29) is 11.9 Å². The maximum Gasteiger partial charge on any atom is 0.227 e. The Balaban J connectivity index is 1.53. The third kappa shape index (κ3) is 5.57. The smallest absolute Gasteiger partial charge is 0.227 e. The van der Waals surface area contributed by atoms with Crippen molar-refractivity contribution in [2.45, 2.75) is 25.4 Å². The van der Waals surface area contributed by atoms with Crippen LogP contribution < -0.4 is 15.5 Å². The van der Waals surface area contributed by atoms with Gasteiger partial charge in [0.2, 0.25) is 5.91 Å². The summed E-state index contributed by atoms with van der Waals surface area (Å²) < 4.78 is 0. The van der Waals surface area contributed by atoms with E-state index in [0.717, 1.165) is 36.7 Å². The average molecular weight is 394 g/mol. The van der Waals surface area contributed by atoms with Gasteiger partial charge >= 0.3 is 0 Å². The van der Waals surface area contributed by atoms with Crippen LogP contribution in [0.2, 0.25) is 0 Å². The van der Waals surface area contributed by atoms with E-state index in [1.807, 2.05) is 23.1 Å². The topological polar surface area (TPSA) is 60.0 Å². The van der Waals surface area contributed by atoms with E-state index in [0.29, 0.717) is 13.0 Å². The number of aliphatic imine (C=N–C) groups is 1. The molecule has 1 atom stereocenters. The molecule has 154 valence electrons. The molecular weight excluding hydrogens is 362 g/mol. The molecule has 2 aromatic rings. The van der Waals surface area contributed by atoms with Crippen molar-refractivity contribution in [2.75, 3.05) is 39.1 Å². The lowest BCUT2D eigenvalue weighted by atomic mass is 10.1. The second kappa shape index (κ2) is 10.1. The Morgan fingerprint density at radius 1 is 1.10 bits per heavy atom. The lowest BCUT2D eigenvalue weighted by Crippen LogP contribution is -2.41. The molecule has 0 spiro atoms. The summed E-state index contributed by atoms with van der Waals surface area (Å²) >= 11 is 0. The van der Waals surface area contributed by atoms with Crippen LogP contribution in [0.1, 0.15) is 30.0 Å². The molecule has 0 radical (unpaired) electrons. The van der Waals surface area contributed by atoms with E-state index >= 15 is 0 Å². The van der Waals surface area contributed by atoms with Gasteiger partial charge in [-0.1, -0.05) is 42.5 Å². The lowest BCUT2D eigenvalue weighted by Gasteiger charge is -2.26. The van der Waals surface area contributed by atoms with Crippen LogP contribution in [0.5, 0.6) is 0 Å². The van der Waals surface area contributed by atoms with Crippen molar-refractivity contribution < 1.29 is 4.79 Å². The van der Waals surface area contributed by atoms with Crippen molar-refractivity contribution in [3.8, 4) is 0 Å². The lowest BCUT2D eigenvalue weighted by molar-refractivity contribution is -0.117. The van der Waals surface area contributed by atoms with Gasteiger partial charge in [0.05, 0.1) is 6.04 Å². The molecule has 29 heavy (non-hydrogen) atoms. The van der Waals surface area contributed by atoms with Crippen LogP contribution in [0, 0.1) is 0 Å². The minimum atomic E-state index is 0.217. The van der Waals surface area contributed by atoms with Crippen LogP contribution in [0.3, 0.4) is 0 Å². The fraction of sp³-hybridized carbons (Fsp3) is 0.391. The molecule has 1 aliphatic heterocycles. The van der Waals surface area contributed by atoms with Crippen molar-refractivity contribution in [1.82, 2.24) is 15.5 Å². The van der Waals surface area contributed by atoms with E-state index in [2.05, 4.69) is 71.0 Å². The highest BCUT2D eigenvalue weighted by Gasteiger charge is 2.21. The zero-order valence-corrected chi connectivity index (χ0v) is 17.6. The molecule has 0 saturated carbocycles. The number of nitrogens with one attached hydrogen (secondary N) is 2. The molecular formula is C23H31N5O. The number of carbonyl (C=O) groups excluding carboxylic acids is 1. The van der Waals surface area contributed by atoms with Gasteiger partial charge in [-0.3, -0.25) is 9.79 Å². The summed E-state index contributed by atoms with van der Waals surface area (Å²) in [6.45, 7) is 2.25. The molecule has 3 rings (SSSR count). The van der Waals surface area contributed by atoms with Crippen molar-refractivity contribution in [3.63, 3.8) is 0 Å². The van der Waals surface area contributed by atoms with E-state index in [1.54, 1.807) is 7.05 Å². The molecule has 1 saturated heterocycles. The Morgan fingerprint density at radius 2 is 1.83 bits per heavy atom. The molecule has 1 fully saturated rings.